The van der Waals surface area contributed by atoms with Gasteiger partial charge in [-0.25, -0.2) is 4.79 Å². The molecular formula is C17H20N2O4. The molecule has 122 valence electrons. The molecular weight excluding hydrogens is 296 g/mol. The number of para-hydroxylation sites is 1. The Morgan fingerprint density at radius 3 is 3.00 bits per heavy atom. The third-order valence-corrected chi connectivity index (χ3v) is 3.93. The molecule has 1 aromatic heterocycles. The van der Waals surface area contributed by atoms with E-state index in [1.54, 1.807) is 19.1 Å². The molecule has 6 heteroatoms. The summed E-state index contributed by atoms with van der Waals surface area (Å²) < 4.78 is 10.7. The number of aromatic amines is 1. The van der Waals surface area contributed by atoms with Gasteiger partial charge in [0.1, 0.15) is 5.69 Å². The fourth-order valence-electron chi connectivity index (χ4n) is 2.85. The highest BCUT2D eigenvalue weighted by Gasteiger charge is 2.22. The van der Waals surface area contributed by atoms with Crippen LogP contribution in [0.25, 0.3) is 10.9 Å². The third kappa shape index (κ3) is 3.22. The Morgan fingerprint density at radius 1 is 1.43 bits per heavy atom. The van der Waals surface area contributed by atoms with Crippen molar-refractivity contribution in [2.75, 3.05) is 25.1 Å². The van der Waals surface area contributed by atoms with Gasteiger partial charge in [0.25, 0.3) is 5.56 Å². The second-order valence-electron chi connectivity index (χ2n) is 5.49. The zero-order valence-electron chi connectivity index (χ0n) is 13.1. The highest BCUT2D eigenvalue weighted by atomic mass is 16.5. The van der Waals surface area contributed by atoms with Crippen LogP contribution in [0, 0.1) is 0 Å². The molecule has 0 saturated carbocycles. The number of fused-ring (bicyclic) bond motifs is 1. The number of hydrogen-bond donors (Lipinski definition) is 2. The van der Waals surface area contributed by atoms with Gasteiger partial charge >= 0.3 is 5.97 Å². The van der Waals surface area contributed by atoms with Crippen molar-refractivity contribution in [1.29, 1.82) is 0 Å². The van der Waals surface area contributed by atoms with Crippen molar-refractivity contribution in [1.82, 2.24) is 4.98 Å². The Bertz CT molecular complexity index is 763. The van der Waals surface area contributed by atoms with E-state index in [9.17, 15) is 9.59 Å². The van der Waals surface area contributed by atoms with Crippen molar-refractivity contribution in [3.63, 3.8) is 0 Å². The molecule has 0 spiro atoms. The van der Waals surface area contributed by atoms with Gasteiger partial charge < -0.3 is 19.8 Å². The monoisotopic (exact) mass is 316 g/mol. The standard InChI is InChI=1S/C17H20N2O4/c1-2-22-17(21)14-12-7-3-4-8-13(12)19-16(20)15(14)18-10-11-6-5-9-23-11/h3-4,7-8,11,18H,2,5-6,9-10H2,1H3,(H,19,20). The molecule has 1 fully saturated rings. The molecule has 2 heterocycles. The van der Waals surface area contributed by atoms with Crippen molar-refractivity contribution in [2.45, 2.75) is 25.9 Å². The minimum Gasteiger partial charge on any atom is -0.462 e. The molecule has 1 atom stereocenters. The van der Waals surface area contributed by atoms with E-state index in [0.717, 1.165) is 19.4 Å². The van der Waals surface area contributed by atoms with Crippen LogP contribution in [0.4, 0.5) is 5.69 Å². The van der Waals surface area contributed by atoms with Crippen molar-refractivity contribution in [2.24, 2.45) is 0 Å². The maximum atomic E-state index is 12.4. The van der Waals surface area contributed by atoms with Crippen LogP contribution in [0.5, 0.6) is 0 Å². The molecule has 1 unspecified atom stereocenters. The number of carbonyl (C=O) groups excluding carboxylic acids is 1. The minimum atomic E-state index is -0.496. The molecule has 1 aliphatic heterocycles. The van der Waals surface area contributed by atoms with E-state index < -0.39 is 5.97 Å². The average molecular weight is 316 g/mol. The van der Waals surface area contributed by atoms with Crippen LogP contribution in [0.3, 0.4) is 0 Å². The number of H-pyrrole nitrogens is 1. The molecule has 2 N–H and O–H groups in total. The molecule has 0 bridgehead atoms. The van der Waals surface area contributed by atoms with E-state index in [1.807, 2.05) is 12.1 Å². The topological polar surface area (TPSA) is 80.4 Å². The number of carbonyl (C=O) groups is 1. The SMILES string of the molecule is CCOC(=O)c1c(NCC2CCCO2)c(=O)[nH]c2ccccc12. The number of benzene rings is 1. The predicted octanol–water partition coefficient (Wildman–Crippen LogP) is 2.30. The summed E-state index contributed by atoms with van der Waals surface area (Å²) >= 11 is 0. The molecule has 1 saturated heterocycles. The number of ether oxygens (including phenoxy) is 2. The lowest BCUT2D eigenvalue weighted by Crippen LogP contribution is -2.26. The lowest BCUT2D eigenvalue weighted by atomic mass is 10.1. The van der Waals surface area contributed by atoms with Crippen molar-refractivity contribution >= 4 is 22.6 Å². The molecule has 23 heavy (non-hydrogen) atoms. The Morgan fingerprint density at radius 2 is 2.26 bits per heavy atom. The molecule has 1 aromatic carbocycles. The van der Waals surface area contributed by atoms with Crippen LogP contribution in [0.15, 0.2) is 29.1 Å². The van der Waals surface area contributed by atoms with Crippen LogP contribution in [0.2, 0.25) is 0 Å². The highest BCUT2D eigenvalue weighted by molar-refractivity contribution is 6.08. The fraction of sp³-hybridized carbons (Fsp3) is 0.412. The predicted molar refractivity (Wildman–Crippen MR) is 88.0 cm³/mol. The molecule has 0 amide bonds. The number of nitrogens with one attached hydrogen (secondary N) is 2. The van der Waals surface area contributed by atoms with Crippen molar-refractivity contribution in [3.8, 4) is 0 Å². The first-order valence-corrected chi connectivity index (χ1v) is 7.88. The summed E-state index contributed by atoms with van der Waals surface area (Å²) in [5.74, 6) is -0.496. The largest absolute Gasteiger partial charge is 0.462 e. The van der Waals surface area contributed by atoms with E-state index in [2.05, 4.69) is 10.3 Å². The summed E-state index contributed by atoms with van der Waals surface area (Å²) in [5.41, 5.74) is 0.815. The van der Waals surface area contributed by atoms with Crippen LogP contribution in [0.1, 0.15) is 30.1 Å². The minimum absolute atomic E-state index is 0.0657. The average Bonchev–Trinajstić information content (AvgIpc) is 3.06. The Balaban J connectivity index is 2.03. The van der Waals surface area contributed by atoms with Crippen LogP contribution in [-0.2, 0) is 9.47 Å². The quantitative estimate of drug-likeness (QED) is 0.827. The van der Waals surface area contributed by atoms with Gasteiger partial charge in [0.15, 0.2) is 0 Å². The van der Waals surface area contributed by atoms with Gasteiger partial charge in [-0.15, -0.1) is 0 Å². The number of hydrogen-bond acceptors (Lipinski definition) is 5. The van der Waals surface area contributed by atoms with Crippen molar-refractivity contribution < 1.29 is 14.3 Å². The van der Waals surface area contributed by atoms with Gasteiger partial charge in [0.2, 0.25) is 0 Å². The Kier molecular flexibility index (Phi) is 4.62. The smallest absolute Gasteiger partial charge is 0.341 e. The van der Waals surface area contributed by atoms with Gasteiger partial charge in [-0.2, -0.15) is 0 Å². The lowest BCUT2D eigenvalue weighted by molar-refractivity contribution is 0.0529. The maximum absolute atomic E-state index is 12.4. The number of anilines is 1. The fourth-order valence-corrected chi connectivity index (χ4v) is 2.85. The van der Waals surface area contributed by atoms with E-state index in [4.69, 9.17) is 9.47 Å². The van der Waals surface area contributed by atoms with Gasteiger partial charge in [-0.1, -0.05) is 18.2 Å². The zero-order chi connectivity index (χ0) is 16.2. The lowest BCUT2D eigenvalue weighted by Gasteiger charge is -2.15. The summed E-state index contributed by atoms with van der Waals surface area (Å²) in [6.45, 7) is 3.23. The van der Waals surface area contributed by atoms with Crippen LogP contribution < -0.4 is 10.9 Å². The van der Waals surface area contributed by atoms with Gasteiger partial charge in [0, 0.05) is 24.1 Å². The van der Waals surface area contributed by atoms with E-state index in [0.29, 0.717) is 17.4 Å². The highest BCUT2D eigenvalue weighted by Crippen LogP contribution is 2.23. The van der Waals surface area contributed by atoms with Gasteiger partial charge in [-0.3, -0.25) is 4.79 Å². The second kappa shape index (κ2) is 6.83. The number of esters is 1. The summed E-state index contributed by atoms with van der Waals surface area (Å²) in [7, 11) is 0. The number of aromatic nitrogens is 1. The summed E-state index contributed by atoms with van der Waals surface area (Å²) in [6.07, 6.45) is 2.04. The Labute approximate surface area is 133 Å². The van der Waals surface area contributed by atoms with E-state index in [1.165, 1.54) is 0 Å². The van der Waals surface area contributed by atoms with Gasteiger partial charge in [-0.05, 0) is 25.8 Å². The molecule has 0 aliphatic carbocycles. The Hall–Kier alpha value is -2.34. The summed E-state index contributed by atoms with van der Waals surface area (Å²) in [6, 6.07) is 7.21. The first kappa shape index (κ1) is 15.6. The van der Waals surface area contributed by atoms with Gasteiger partial charge in [0.05, 0.1) is 18.3 Å². The first-order valence-electron chi connectivity index (χ1n) is 7.88. The molecule has 2 aromatic rings. The molecule has 3 rings (SSSR count). The van der Waals surface area contributed by atoms with Crippen LogP contribution in [-0.4, -0.2) is 36.8 Å². The van der Waals surface area contributed by atoms with E-state index >= 15 is 0 Å². The normalized spacial score (nSPS) is 17.3. The second-order valence-corrected chi connectivity index (χ2v) is 5.49. The molecule has 6 nitrogen and oxygen atoms in total. The number of pyridine rings is 1. The van der Waals surface area contributed by atoms with E-state index in [-0.39, 0.29) is 29.5 Å². The maximum Gasteiger partial charge on any atom is 0.341 e. The first-order chi connectivity index (χ1) is 11.2. The summed E-state index contributed by atoms with van der Waals surface area (Å²) in [4.78, 5) is 27.6. The third-order valence-electron chi connectivity index (χ3n) is 3.93. The summed E-state index contributed by atoms with van der Waals surface area (Å²) in [5, 5.41) is 3.75. The number of rotatable bonds is 5. The van der Waals surface area contributed by atoms with Crippen molar-refractivity contribution in [3.05, 3.63) is 40.2 Å². The zero-order valence-corrected chi connectivity index (χ0v) is 13.1. The molecule has 1 aliphatic rings. The van der Waals surface area contributed by atoms with Crippen LogP contribution >= 0.6 is 0 Å². The molecule has 0 radical (unpaired) electrons.